The standard InChI is InChI=1S/C27H32N4O3/c1-33-19-8-9-20-21(15-19)30-25-22(16-34-23-7-2-3-12-28-23)29-17-27(24(20)25)10-13-31(14-11-27)26(32)18-5-4-6-18/h2-3,7-9,12,15,18,22,29-30H,4-6,10-11,13-14,16-17H2,1H3. The zero-order valence-corrected chi connectivity index (χ0v) is 19.7. The fourth-order valence-corrected chi connectivity index (χ4v) is 5.90. The predicted octanol–water partition coefficient (Wildman–Crippen LogP) is 3.96. The lowest BCUT2D eigenvalue weighted by atomic mass is 9.68. The summed E-state index contributed by atoms with van der Waals surface area (Å²) in [6.45, 7) is 3.03. The van der Waals surface area contributed by atoms with E-state index in [4.69, 9.17) is 9.47 Å². The Balaban J connectivity index is 1.31. The molecule has 2 aromatic heterocycles. The van der Waals surface area contributed by atoms with Gasteiger partial charge < -0.3 is 24.7 Å². The minimum Gasteiger partial charge on any atom is -0.497 e. The van der Waals surface area contributed by atoms with Crippen LogP contribution in [0.4, 0.5) is 0 Å². The Bertz CT molecular complexity index is 1180. The number of rotatable bonds is 5. The number of piperidine rings is 1. The van der Waals surface area contributed by atoms with Gasteiger partial charge in [0.1, 0.15) is 12.4 Å². The summed E-state index contributed by atoms with van der Waals surface area (Å²) < 4.78 is 11.5. The Hall–Kier alpha value is -3.06. The minimum absolute atomic E-state index is 0.0000616. The maximum Gasteiger partial charge on any atom is 0.225 e. The van der Waals surface area contributed by atoms with E-state index >= 15 is 0 Å². The van der Waals surface area contributed by atoms with Crippen molar-refractivity contribution in [1.29, 1.82) is 0 Å². The third-order valence-electron chi connectivity index (χ3n) is 8.12. The van der Waals surface area contributed by atoms with Gasteiger partial charge in [-0.15, -0.1) is 0 Å². The smallest absolute Gasteiger partial charge is 0.225 e. The second-order valence-corrected chi connectivity index (χ2v) is 9.97. The number of amides is 1. The summed E-state index contributed by atoms with van der Waals surface area (Å²) >= 11 is 0. The highest BCUT2D eigenvalue weighted by molar-refractivity contribution is 5.88. The van der Waals surface area contributed by atoms with Crippen LogP contribution in [-0.4, -0.2) is 54.1 Å². The minimum atomic E-state index is 0.0000616. The summed E-state index contributed by atoms with van der Waals surface area (Å²) in [4.78, 5) is 23.0. The first kappa shape index (κ1) is 21.5. The summed E-state index contributed by atoms with van der Waals surface area (Å²) in [5.74, 6) is 2.11. The van der Waals surface area contributed by atoms with Gasteiger partial charge in [-0.05, 0) is 49.4 Å². The summed E-state index contributed by atoms with van der Waals surface area (Å²) in [6.07, 6.45) is 7.01. The molecular weight excluding hydrogens is 428 g/mol. The highest BCUT2D eigenvalue weighted by atomic mass is 16.5. The molecule has 178 valence electrons. The van der Waals surface area contributed by atoms with Gasteiger partial charge in [-0.3, -0.25) is 4.79 Å². The van der Waals surface area contributed by atoms with Crippen LogP contribution in [0.15, 0.2) is 42.6 Å². The van der Waals surface area contributed by atoms with E-state index in [1.54, 1.807) is 13.3 Å². The molecule has 0 bridgehead atoms. The Morgan fingerprint density at radius 3 is 2.76 bits per heavy atom. The Kier molecular flexibility index (Phi) is 5.44. The van der Waals surface area contributed by atoms with Crippen molar-refractivity contribution in [3.8, 4) is 11.6 Å². The van der Waals surface area contributed by atoms with E-state index < -0.39 is 0 Å². The molecule has 4 heterocycles. The van der Waals surface area contributed by atoms with Crippen LogP contribution in [0, 0.1) is 5.92 Å². The van der Waals surface area contributed by atoms with Crippen LogP contribution >= 0.6 is 0 Å². The number of aromatic amines is 1. The molecule has 1 saturated heterocycles. The number of likely N-dealkylation sites (tertiary alicyclic amines) is 1. The molecule has 1 atom stereocenters. The lowest BCUT2D eigenvalue weighted by Crippen LogP contribution is -2.54. The number of nitrogens with zero attached hydrogens (tertiary/aromatic N) is 2. The van der Waals surface area contributed by atoms with Crippen molar-refractivity contribution in [3.05, 3.63) is 53.9 Å². The van der Waals surface area contributed by atoms with Gasteiger partial charge in [0.25, 0.3) is 0 Å². The molecule has 0 radical (unpaired) electrons. The third-order valence-corrected chi connectivity index (χ3v) is 8.12. The summed E-state index contributed by atoms with van der Waals surface area (Å²) in [7, 11) is 1.70. The average molecular weight is 461 g/mol. The van der Waals surface area contributed by atoms with Gasteiger partial charge in [0.05, 0.1) is 13.2 Å². The number of carbonyl (C=O) groups is 1. The number of benzene rings is 1. The molecule has 1 aliphatic carbocycles. The summed E-state index contributed by atoms with van der Waals surface area (Å²) in [6, 6.07) is 12.0. The van der Waals surface area contributed by atoms with Crippen molar-refractivity contribution in [2.24, 2.45) is 5.92 Å². The molecule has 6 rings (SSSR count). The molecule has 7 heteroatoms. The van der Waals surface area contributed by atoms with Crippen molar-refractivity contribution in [2.75, 3.05) is 33.4 Å². The zero-order valence-electron chi connectivity index (χ0n) is 19.7. The zero-order chi connectivity index (χ0) is 23.1. The van der Waals surface area contributed by atoms with Crippen LogP contribution in [0.5, 0.6) is 11.6 Å². The maximum atomic E-state index is 12.9. The third kappa shape index (κ3) is 3.63. The number of hydrogen-bond acceptors (Lipinski definition) is 5. The van der Waals surface area contributed by atoms with E-state index in [0.717, 1.165) is 56.6 Å². The highest BCUT2D eigenvalue weighted by Crippen LogP contribution is 2.46. The van der Waals surface area contributed by atoms with Gasteiger partial charge >= 0.3 is 0 Å². The fourth-order valence-electron chi connectivity index (χ4n) is 5.90. The van der Waals surface area contributed by atoms with E-state index in [2.05, 4.69) is 32.3 Å². The maximum absolute atomic E-state index is 12.9. The first-order valence-corrected chi connectivity index (χ1v) is 12.4. The second kappa shape index (κ2) is 8.62. The number of H-pyrrole nitrogens is 1. The first-order valence-electron chi connectivity index (χ1n) is 12.4. The second-order valence-electron chi connectivity index (χ2n) is 9.97. The molecule has 1 aromatic carbocycles. The van der Waals surface area contributed by atoms with Gasteiger partial charge in [-0.2, -0.15) is 0 Å². The summed E-state index contributed by atoms with van der Waals surface area (Å²) in [5.41, 5.74) is 3.65. The quantitative estimate of drug-likeness (QED) is 0.603. The number of hydrogen-bond donors (Lipinski definition) is 2. The van der Waals surface area contributed by atoms with Crippen molar-refractivity contribution in [1.82, 2.24) is 20.2 Å². The number of aromatic nitrogens is 2. The molecule has 34 heavy (non-hydrogen) atoms. The largest absolute Gasteiger partial charge is 0.497 e. The van der Waals surface area contributed by atoms with Crippen LogP contribution < -0.4 is 14.8 Å². The van der Waals surface area contributed by atoms with E-state index in [1.165, 1.54) is 23.1 Å². The molecule has 2 N–H and O–H groups in total. The molecule has 1 spiro atoms. The Morgan fingerprint density at radius 2 is 2.06 bits per heavy atom. The normalized spacial score (nSPS) is 21.8. The fraction of sp³-hybridized carbons (Fsp3) is 0.481. The van der Waals surface area contributed by atoms with Gasteiger partial charge in [-0.1, -0.05) is 12.5 Å². The molecular formula is C27H32N4O3. The summed E-state index contributed by atoms with van der Waals surface area (Å²) in [5, 5.41) is 5.02. The van der Waals surface area contributed by atoms with Crippen molar-refractivity contribution in [2.45, 2.75) is 43.6 Å². The van der Waals surface area contributed by atoms with Crippen LogP contribution in [0.2, 0.25) is 0 Å². The van der Waals surface area contributed by atoms with Crippen LogP contribution in [-0.2, 0) is 10.2 Å². The van der Waals surface area contributed by atoms with Gasteiger partial charge in [0, 0.05) is 65.9 Å². The SMILES string of the molecule is COc1ccc2c3c([nH]c2c1)C(COc1ccccn1)NCC31CCN(C(=O)C2CCC2)CC1. The van der Waals surface area contributed by atoms with E-state index in [9.17, 15) is 4.79 Å². The molecule has 7 nitrogen and oxygen atoms in total. The highest BCUT2D eigenvalue weighted by Gasteiger charge is 2.45. The molecule has 2 aliphatic heterocycles. The van der Waals surface area contributed by atoms with Gasteiger partial charge in [-0.25, -0.2) is 4.98 Å². The lowest BCUT2D eigenvalue weighted by molar-refractivity contribution is -0.139. The van der Waals surface area contributed by atoms with Gasteiger partial charge in [0.2, 0.25) is 11.8 Å². The number of methoxy groups -OCH3 is 1. The lowest BCUT2D eigenvalue weighted by Gasteiger charge is -2.47. The van der Waals surface area contributed by atoms with Crippen LogP contribution in [0.25, 0.3) is 10.9 Å². The number of nitrogens with one attached hydrogen (secondary N) is 2. The number of pyridine rings is 1. The number of carbonyl (C=O) groups excluding carboxylic acids is 1. The van der Waals surface area contributed by atoms with E-state index in [0.29, 0.717) is 18.4 Å². The van der Waals surface area contributed by atoms with Crippen LogP contribution in [0.1, 0.15) is 49.4 Å². The van der Waals surface area contributed by atoms with Crippen molar-refractivity contribution < 1.29 is 14.3 Å². The number of ether oxygens (including phenoxy) is 2. The molecule has 1 unspecified atom stereocenters. The number of fused-ring (bicyclic) bond motifs is 4. The molecule has 1 saturated carbocycles. The first-order chi connectivity index (χ1) is 16.7. The van der Waals surface area contributed by atoms with Gasteiger partial charge in [0.15, 0.2) is 0 Å². The topological polar surface area (TPSA) is 79.5 Å². The van der Waals surface area contributed by atoms with Crippen molar-refractivity contribution in [3.63, 3.8) is 0 Å². The Labute approximate surface area is 199 Å². The van der Waals surface area contributed by atoms with Crippen molar-refractivity contribution >= 4 is 16.8 Å². The molecule has 1 amide bonds. The average Bonchev–Trinajstić information content (AvgIpc) is 3.24. The molecule has 3 aromatic rings. The monoisotopic (exact) mass is 460 g/mol. The molecule has 2 fully saturated rings. The predicted molar refractivity (Wildman–Crippen MR) is 130 cm³/mol. The molecule has 3 aliphatic rings. The Morgan fingerprint density at radius 1 is 1.21 bits per heavy atom. The van der Waals surface area contributed by atoms with Crippen LogP contribution in [0.3, 0.4) is 0 Å². The van der Waals surface area contributed by atoms with E-state index in [-0.39, 0.29) is 17.4 Å². The van der Waals surface area contributed by atoms with E-state index in [1.807, 2.05) is 24.3 Å².